The minimum absolute atomic E-state index is 0.203. The molecule has 24 heavy (non-hydrogen) atoms. The van der Waals surface area contributed by atoms with Crippen molar-refractivity contribution in [1.82, 2.24) is 20.2 Å². The molecule has 0 unspecified atom stereocenters. The van der Waals surface area contributed by atoms with E-state index in [2.05, 4.69) is 41.4 Å². The molecule has 1 aromatic carbocycles. The molecule has 0 atom stereocenters. The SMILES string of the molecule is Cc1ccc(Nc2cnc(C(=O)NCCCN(C)C)cn2)cc1Br. The molecule has 2 rings (SSSR count). The molecule has 0 saturated heterocycles. The Hall–Kier alpha value is -1.99. The Labute approximate surface area is 150 Å². The number of hydrogen-bond donors (Lipinski definition) is 2. The van der Waals surface area contributed by atoms with Crippen LogP contribution in [-0.2, 0) is 0 Å². The maximum Gasteiger partial charge on any atom is 0.271 e. The van der Waals surface area contributed by atoms with Gasteiger partial charge < -0.3 is 15.5 Å². The number of hydrogen-bond acceptors (Lipinski definition) is 5. The largest absolute Gasteiger partial charge is 0.351 e. The molecule has 0 fully saturated rings. The van der Waals surface area contributed by atoms with Gasteiger partial charge in [0.15, 0.2) is 0 Å². The smallest absolute Gasteiger partial charge is 0.271 e. The molecule has 128 valence electrons. The highest BCUT2D eigenvalue weighted by Gasteiger charge is 2.08. The topological polar surface area (TPSA) is 70.2 Å². The number of nitrogens with zero attached hydrogens (tertiary/aromatic N) is 3. The van der Waals surface area contributed by atoms with Crippen LogP contribution >= 0.6 is 15.9 Å². The highest BCUT2D eigenvalue weighted by atomic mass is 79.9. The van der Waals surface area contributed by atoms with Crippen LogP contribution in [-0.4, -0.2) is 48.0 Å². The van der Waals surface area contributed by atoms with Crippen LogP contribution < -0.4 is 10.6 Å². The summed E-state index contributed by atoms with van der Waals surface area (Å²) in [5.74, 6) is 0.390. The summed E-state index contributed by atoms with van der Waals surface area (Å²) in [6.45, 7) is 3.58. The second kappa shape index (κ2) is 8.75. The first kappa shape index (κ1) is 18.4. The van der Waals surface area contributed by atoms with Crippen molar-refractivity contribution < 1.29 is 4.79 Å². The Kier molecular flexibility index (Phi) is 6.69. The molecular formula is C17H22BrN5O. The molecule has 0 aliphatic carbocycles. The van der Waals surface area contributed by atoms with Crippen molar-refractivity contribution in [2.45, 2.75) is 13.3 Å². The standard InChI is InChI=1S/C17H22BrN5O/c1-12-5-6-13(9-14(12)18)22-16-11-20-15(10-21-16)17(24)19-7-4-8-23(2)3/h5-6,9-11H,4,7-8H2,1-3H3,(H,19,24)(H,21,22). The van der Waals surface area contributed by atoms with Crippen molar-refractivity contribution in [1.29, 1.82) is 0 Å². The van der Waals surface area contributed by atoms with Crippen molar-refractivity contribution in [3.63, 3.8) is 0 Å². The molecule has 6 nitrogen and oxygen atoms in total. The molecular weight excluding hydrogens is 370 g/mol. The van der Waals surface area contributed by atoms with Crippen LogP contribution in [0.2, 0.25) is 0 Å². The zero-order valence-electron chi connectivity index (χ0n) is 14.1. The number of nitrogens with one attached hydrogen (secondary N) is 2. The van der Waals surface area contributed by atoms with Crippen LogP contribution in [0.1, 0.15) is 22.5 Å². The Balaban J connectivity index is 1.90. The third-order valence-electron chi connectivity index (χ3n) is 3.40. The summed E-state index contributed by atoms with van der Waals surface area (Å²) in [6, 6.07) is 5.95. The first-order chi connectivity index (χ1) is 11.5. The molecule has 2 N–H and O–H groups in total. The van der Waals surface area contributed by atoms with E-state index in [1.807, 2.05) is 39.2 Å². The van der Waals surface area contributed by atoms with E-state index in [-0.39, 0.29) is 5.91 Å². The molecule has 0 spiro atoms. The quantitative estimate of drug-likeness (QED) is 0.709. The van der Waals surface area contributed by atoms with Gasteiger partial charge in [-0.2, -0.15) is 0 Å². The number of rotatable bonds is 7. The Morgan fingerprint density at radius 2 is 2.04 bits per heavy atom. The molecule has 2 aromatic rings. The lowest BCUT2D eigenvalue weighted by Gasteiger charge is -2.10. The number of aromatic nitrogens is 2. The maximum atomic E-state index is 12.0. The molecule has 7 heteroatoms. The molecule has 0 aliphatic rings. The first-order valence-electron chi connectivity index (χ1n) is 7.74. The molecule has 0 bridgehead atoms. The predicted octanol–water partition coefficient (Wildman–Crippen LogP) is 2.97. The van der Waals surface area contributed by atoms with Crippen molar-refractivity contribution in [2.24, 2.45) is 0 Å². The summed E-state index contributed by atoms with van der Waals surface area (Å²) >= 11 is 3.50. The summed E-state index contributed by atoms with van der Waals surface area (Å²) < 4.78 is 1.02. The van der Waals surface area contributed by atoms with Gasteiger partial charge >= 0.3 is 0 Å². The lowest BCUT2D eigenvalue weighted by atomic mass is 10.2. The molecule has 1 amide bonds. The molecule has 0 aliphatic heterocycles. The van der Waals surface area contributed by atoms with E-state index >= 15 is 0 Å². The monoisotopic (exact) mass is 391 g/mol. The van der Waals surface area contributed by atoms with Gasteiger partial charge in [0.1, 0.15) is 11.5 Å². The lowest BCUT2D eigenvalue weighted by Crippen LogP contribution is -2.27. The Morgan fingerprint density at radius 3 is 2.67 bits per heavy atom. The van der Waals surface area contributed by atoms with E-state index in [1.165, 1.54) is 6.20 Å². The van der Waals surface area contributed by atoms with E-state index in [1.54, 1.807) is 6.20 Å². The minimum atomic E-state index is -0.203. The van der Waals surface area contributed by atoms with Gasteiger partial charge in [-0.05, 0) is 51.7 Å². The van der Waals surface area contributed by atoms with Gasteiger partial charge in [-0.1, -0.05) is 22.0 Å². The van der Waals surface area contributed by atoms with E-state index in [9.17, 15) is 4.79 Å². The summed E-state index contributed by atoms with van der Waals surface area (Å²) in [7, 11) is 4.01. The van der Waals surface area contributed by atoms with Crippen LogP contribution in [0.5, 0.6) is 0 Å². The van der Waals surface area contributed by atoms with E-state index in [4.69, 9.17) is 0 Å². The average molecular weight is 392 g/mol. The Morgan fingerprint density at radius 1 is 1.25 bits per heavy atom. The first-order valence-corrected chi connectivity index (χ1v) is 8.53. The summed E-state index contributed by atoms with van der Waals surface area (Å²) in [4.78, 5) is 22.5. The number of halogens is 1. The van der Waals surface area contributed by atoms with Crippen LogP contribution in [0.4, 0.5) is 11.5 Å². The highest BCUT2D eigenvalue weighted by molar-refractivity contribution is 9.10. The fraction of sp³-hybridized carbons (Fsp3) is 0.353. The van der Waals surface area contributed by atoms with Crippen LogP contribution in [0.25, 0.3) is 0 Å². The number of benzene rings is 1. The van der Waals surface area contributed by atoms with Gasteiger partial charge in [0.25, 0.3) is 5.91 Å². The third kappa shape index (κ3) is 5.58. The predicted molar refractivity (Wildman–Crippen MR) is 99.7 cm³/mol. The van der Waals surface area contributed by atoms with Crippen molar-refractivity contribution in [3.05, 3.63) is 46.3 Å². The van der Waals surface area contributed by atoms with Crippen molar-refractivity contribution in [2.75, 3.05) is 32.5 Å². The maximum absolute atomic E-state index is 12.0. The molecule has 0 saturated carbocycles. The zero-order valence-corrected chi connectivity index (χ0v) is 15.7. The minimum Gasteiger partial charge on any atom is -0.351 e. The van der Waals surface area contributed by atoms with Gasteiger partial charge in [0, 0.05) is 16.7 Å². The number of amides is 1. The van der Waals surface area contributed by atoms with Crippen molar-refractivity contribution >= 4 is 33.3 Å². The molecule has 1 heterocycles. The number of anilines is 2. The van der Waals surface area contributed by atoms with E-state index in [0.717, 1.165) is 28.7 Å². The average Bonchev–Trinajstić information content (AvgIpc) is 2.55. The fourth-order valence-electron chi connectivity index (χ4n) is 2.02. The second-order valence-corrected chi connectivity index (χ2v) is 6.64. The van der Waals surface area contributed by atoms with Crippen LogP contribution in [0.3, 0.4) is 0 Å². The number of carbonyl (C=O) groups is 1. The van der Waals surface area contributed by atoms with E-state index < -0.39 is 0 Å². The third-order valence-corrected chi connectivity index (χ3v) is 4.25. The van der Waals surface area contributed by atoms with Gasteiger partial charge in [-0.3, -0.25) is 4.79 Å². The molecule has 1 aromatic heterocycles. The highest BCUT2D eigenvalue weighted by Crippen LogP contribution is 2.22. The summed E-state index contributed by atoms with van der Waals surface area (Å²) in [5, 5.41) is 6.00. The van der Waals surface area contributed by atoms with Gasteiger partial charge in [-0.15, -0.1) is 0 Å². The van der Waals surface area contributed by atoms with Gasteiger partial charge in [-0.25, -0.2) is 9.97 Å². The zero-order chi connectivity index (χ0) is 17.5. The fourth-order valence-corrected chi connectivity index (χ4v) is 2.39. The number of aryl methyl sites for hydroxylation is 1. The van der Waals surface area contributed by atoms with Gasteiger partial charge in [0.05, 0.1) is 12.4 Å². The van der Waals surface area contributed by atoms with Crippen LogP contribution in [0.15, 0.2) is 35.1 Å². The second-order valence-electron chi connectivity index (χ2n) is 5.79. The lowest BCUT2D eigenvalue weighted by molar-refractivity contribution is 0.0947. The van der Waals surface area contributed by atoms with Gasteiger partial charge in [0.2, 0.25) is 0 Å². The van der Waals surface area contributed by atoms with E-state index in [0.29, 0.717) is 18.1 Å². The van der Waals surface area contributed by atoms with Crippen LogP contribution in [0, 0.1) is 6.92 Å². The normalized spacial score (nSPS) is 10.7. The van der Waals surface area contributed by atoms with Crippen molar-refractivity contribution in [3.8, 4) is 0 Å². The summed E-state index contributed by atoms with van der Waals surface area (Å²) in [5.41, 5.74) is 2.38. The summed E-state index contributed by atoms with van der Waals surface area (Å²) in [6.07, 6.45) is 3.93. The Bertz CT molecular complexity index is 688. The number of carbonyl (C=O) groups excluding carboxylic acids is 1. The molecule has 0 radical (unpaired) electrons.